The number of piperidine rings is 3. The Balaban J connectivity index is 1.20. The van der Waals surface area contributed by atoms with Gasteiger partial charge in [-0.1, -0.05) is 6.42 Å². The number of hydrogen-bond donors (Lipinski definition) is 1. The van der Waals surface area contributed by atoms with Gasteiger partial charge in [0.15, 0.2) is 5.79 Å². The van der Waals surface area contributed by atoms with Crippen molar-refractivity contribution in [1.29, 1.82) is 0 Å². The fourth-order valence-corrected chi connectivity index (χ4v) is 7.37. The first-order valence-corrected chi connectivity index (χ1v) is 13.8. The van der Waals surface area contributed by atoms with Crippen LogP contribution in [0.2, 0.25) is 0 Å². The third-order valence-corrected chi connectivity index (χ3v) is 9.86. The van der Waals surface area contributed by atoms with Gasteiger partial charge in [0.1, 0.15) is 0 Å². The zero-order chi connectivity index (χ0) is 22.8. The molecule has 4 fully saturated rings. The Morgan fingerprint density at radius 1 is 0.938 bits per heavy atom. The molecule has 0 unspecified atom stereocenters. The smallest absolute Gasteiger partial charge is 0.281 e. The summed E-state index contributed by atoms with van der Waals surface area (Å²) < 4.78 is 40.7. The van der Waals surface area contributed by atoms with Crippen LogP contribution in [0.1, 0.15) is 58.8 Å². The lowest BCUT2D eigenvalue weighted by Crippen LogP contribution is -2.53. The van der Waals surface area contributed by atoms with Crippen LogP contribution in [-0.2, 0) is 24.5 Å². The van der Waals surface area contributed by atoms with Crippen LogP contribution in [0.3, 0.4) is 0 Å². The molecule has 0 saturated carbocycles. The van der Waals surface area contributed by atoms with E-state index in [4.69, 9.17) is 9.47 Å². The third-order valence-electron chi connectivity index (χ3n) is 7.82. The van der Waals surface area contributed by atoms with Crippen LogP contribution in [0.5, 0.6) is 0 Å². The van der Waals surface area contributed by atoms with Gasteiger partial charge in [-0.25, -0.2) is 0 Å². The molecule has 2 atom stereocenters. The molecule has 184 valence electrons. The van der Waals surface area contributed by atoms with Crippen molar-refractivity contribution in [2.75, 3.05) is 52.5 Å². The minimum Gasteiger partial charge on any atom is -0.355 e. The quantitative estimate of drug-likeness (QED) is 0.624. The first-order chi connectivity index (χ1) is 15.3. The molecule has 0 radical (unpaired) electrons. The molecule has 10 heteroatoms. The molecular weight excluding hydrogens is 432 g/mol. The van der Waals surface area contributed by atoms with Crippen molar-refractivity contribution in [3.05, 3.63) is 0 Å². The fourth-order valence-electron chi connectivity index (χ4n) is 5.72. The molecule has 0 aromatic rings. The number of amides is 1. The summed E-state index contributed by atoms with van der Waals surface area (Å²) in [5, 5.41) is 3.10. The second kappa shape index (κ2) is 10.2. The Bertz CT molecular complexity index is 729. The molecule has 4 aliphatic rings. The summed E-state index contributed by atoms with van der Waals surface area (Å²) in [7, 11) is -3.51. The van der Waals surface area contributed by atoms with Crippen LogP contribution in [-0.4, -0.2) is 98.2 Å². The van der Waals surface area contributed by atoms with Crippen LogP contribution in [0.4, 0.5) is 0 Å². The molecule has 4 heterocycles. The van der Waals surface area contributed by atoms with Gasteiger partial charge in [-0.05, 0) is 39.5 Å². The average Bonchev–Trinajstić information content (AvgIpc) is 3.24. The molecule has 0 aromatic heterocycles. The van der Waals surface area contributed by atoms with Crippen LogP contribution in [0.15, 0.2) is 0 Å². The van der Waals surface area contributed by atoms with Crippen molar-refractivity contribution in [1.82, 2.24) is 18.8 Å². The van der Waals surface area contributed by atoms with Crippen LogP contribution < -0.4 is 5.32 Å². The lowest BCUT2D eigenvalue weighted by atomic mass is 9.97. The van der Waals surface area contributed by atoms with Gasteiger partial charge in [0.05, 0.1) is 13.2 Å². The Hall–Kier alpha value is -0.780. The van der Waals surface area contributed by atoms with E-state index < -0.39 is 16.0 Å². The number of carbonyl (C=O) groups excluding carboxylic acids is 1. The lowest BCUT2D eigenvalue weighted by molar-refractivity contribution is -0.179. The molecule has 1 amide bonds. The molecule has 1 N–H and O–H groups in total. The molecular formula is C22H40N4O5S. The van der Waals surface area contributed by atoms with E-state index in [1.807, 2.05) is 0 Å². The summed E-state index contributed by atoms with van der Waals surface area (Å²) >= 11 is 0. The van der Waals surface area contributed by atoms with Crippen molar-refractivity contribution in [2.45, 2.75) is 76.7 Å². The molecule has 4 rings (SSSR count). The van der Waals surface area contributed by atoms with E-state index in [2.05, 4.69) is 24.1 Å². The van der Waals surface area contributed by atoms with E-state index in [1.54, 1.807) is 8.61 Å². The predicted molar refractivity (Wildman–Crippen MR) is 121 cm³/mol. The fraction of sp³-hybridized carbons (Fsp3) is 0.955. The van der Waals surface area contributed by atoms with Gasteiger partial charge in [0.25, 0.3) is 10.2 Å². The molecule has 1 spiro atoms. The molecule has 32 heavy (non-hydrogen) atoms. The normalized spacial score (nSPS) is 31.2. The van der Waals surface area contributed by atoms with E-state index >= 15 is 0 Å². The molecule has 4 saturated heterocycles. The average molecular weight is 473 g/mol. The van der Waals surface area contributed by atoms with Crippen molar-refractivity contribution >= 4 is 16.1 Å². The maximum Gasteiger partial charge on any atom is 0.281 e. The van der Waals surface area contributed by atoms with Crippen molar-refractivity contribution in [2.24, 2.45) is 5.92 Å². The van der Waals surface area contributed by atoms with E-state index in [0.717, 1.165) is 6.54 Å². The molecule has 9 nitrogen and oxygen atoms in total. The summed E-state index contributed by atoms with van der Waals surface area (Å²) in [6.07, 6.45) is 6.02. The summed E-state index contributed by atoms with van der Waals surface area (Å²) in [6, 6.07) is 1.14. The van der Waals surface area contributed by atoms with E-state index in [0.29, 0.717) is 83.7 Å². The summed E-state index contributed by atoms with van der Waals surface area (Å²) in [5.41, 5.74) is 0. The summed E-state index contributed by atoms with van der Waals surface area (Å²) in [5.74, 6) is -0.627. The van der Waals surface area contributed by atoms with Crippen LogP contribution in [0.25, 0.3) is 0 Å². The van der Waals surface area contributed by atoms with Crippen molar-refractivity contribution in [3.63, 3.8) is 0 Å². The zero-order valence-electron chi connectivity index (χ0n) is 19.6. The second-order valence-electron chi connectivity index (χ2n) is 9.85. The minimum absolute atomic E-state index is 0.0646. The highest BCUT2D eigenvalue weighted by Gasteiger charge is 2.44. The van der Waals surface area contributed by atoms with Crippen LogP contribution >= 0.6 is 0 Å². The van der Waals surface area contributed by atoms with E-state index in [9.17, 15) is 13.2 Å². The lowest BCUT2D eigenvalue weighted by Gasteiger charge is -2.40. The molecule has 4 aliphatic heterocycles. The van der Waals surface area contributed by atoms with E-state index in [1.165, 1.54) is 19.3 Å². The number of carbonyl (C=O) groups is 1. The number of hydrogen-bond acceptors (Lipinski definition) is 6. The largest absolute Gasteiger partial charge is 0.355 e. The van der Waals surface area contributed by atoms with Gasteiger partial charge in [0, 0.05) is 70.1 Å². The minimum atomic E-state index is -3.51. The highest BCUT2D eigenvalue weighted by atomic mass is 32.2. The van der Waals surface area contributed by atoms with Gasteiger partial charge in [0.2, 0.25) is 5.91 Å². The Morgan fingerprint density at radius 3 is 2.09 bits per heavy atom. The van der Waals surface area contributed by atoms with Crippen LogP contribution in [0, 0.1) is 5.92 Å². The highest BCUT2D eigenvalue weighted by Crippen LogP contribution is 2.33. The summed E-state index contributed by atoms with van der Waals surface area (Å²) in [4.78, 5) is 15.2. The number of rotatable bonds is 6. The van der Waals surface area contributed by atoms with Crippen molar-refractivity contribution in [3.8, 4) is 0 Å². The highest BCUT2D eigenvalue weighted by molar-refractivity contribution is 7.86. The van der Waals surface area contributed by atoms with Gasteiger partial charge in [-0.3, -0.25) is 9.69 Å². The number of ether oxygens (including phenoxy) is 2. The zero-order valence-corrected chi connectivity index (χ0v) is 20.4. The van der Waals surface area contributed by atoms with Gasteiger partial charge < -0.3 is 14.8 Å². The maximum absolute atomic E-state index is 13.1. The summed E-state index contributed by atoms with van der Waals surface area (Å²) in [6.45, 7) is 8.86. The first kappa shape index (κ1) is 24.3. The number of nitrogens with zero attached hydrogens (tertiary/aromatic N) is 3. The third kappa shape index (κ3) is 5.31. The molecule has 0 aromatic carbocycles. The van der Waals surface area contributed by atoms with Gasteiger partial charge in [-0.2, -0.15) is 17.0 Å². The monoisotopic (exact) mass is 472 g/mol. The topological polar surface area (TPSA) is 91.4 Å². The Morgan fingerprint density at radius 2 is 1.50 bits per heavy atom. The molecule has 0 bridgehead atoms. The molecule has 0 aliphatic carbocycles. The number of likely N-dealkylation sites (tertiary alicyclic amines) is 1. The Labute approximate surface area is 192 Å². The van der Waals surface area contributed by atoms with E-state index in [-0.39, 0.29) is 11.8 Å². The second-order valence-corrected chi connectivity index (χ2v) is 11.8. The number of nitrogens with one attached hydrogen (secondary N) is 1. The predicted octanol–water partition coefficient (Wildman–Crippen LogP) is 1.16. The van der Waals surface area contributed by atoms with Gasteiger partial charge in [-0.15, -0.1) is 0 Å². The maximum atomic E-state index is 13.1. The standard InChI is InChI=1S/C22H40N4O5S/c1-18-4-3-5-19(2)26(18)15-10-23-21(27)20-6-11-24(12-7-20)32(28,29)25-13-8-22(9-14-25)30-16-17-31-22/h18-20H,3-17H2,1-2H3,(H,23,27)/t18-,19+. The van der Waals surface area contributed by atoms with Crippen molar-refractivity contribution < 1.29 is 22.7 Å². The SMILES string of the molecule is C[C@@H]1CCC[C@H](C)N1CCNC(=O)C1CCN(S(=O)(=O)N2CCC3(CC2)OCCO3)CC1. The Kier molecular flexibility index (Phi) is 7.78. The first-order valence-electron chi connectivity index (χ1n) is 12.4. The van der Waals surface area contributed by atoms with Gasteiger partial charge >= 0.3 is 0 Å².